The second-order valence-electron chi connectivity index (χ2n) is 7.76. The van der Waals surface area contributed by atoms with Gasteiger partial charge in [0.2, 0.25) is 11.7 Å². The van der Waals surface area contributed by atoms with E-state index in [1.165, 1.54) is 11.1 Å². The third-order valence-corrected chi connectivity index (χ3v) is 6.32. The summed E-state index contributed by atoms with van der Waals surface area (Å²) in [6, 6.07) is 13.4. The Balaban J connectivity index is 1.50. The van der Waals surface area contributed by atoms with Crippen LogP contribution in [0.3, 0.4) is 0 Å². The van der Waals surface area contributed by atoms with E-state index in [1.807, 2.05) is 24.3 Å². The molecule has 29 heavy (non-hydrogen) atoms. The smallest absolute Gasteiger partial charge is 0.258 e. The van der Waals surface area contributed by atoms with Gasteiger partial charge in [0.15, 0.2) is 0 Å². The zero-order chi connectivity index (χ0) is 20.0. The fourth-order valence-corrected chi connectivity index (χ4v) is 4.81. The van der Waals surface area contributed by atoms with E-state index in [4.69, 9.17) is 16.1 Å². The molecule has 5 rings (SSSR count). The molecule has 1 unspecified atom stereocenters. The van der Waals surface area contributed by atoms with E-state index in [2.05, 4.69) is 16.2 Å². The molecule has 3 aromatic rings. The van der Waals surface area contributed by atoms with Crippen LogP contribution in [0.1, 0.15) is 24.0 Å². The maximum absolute atomic E-state index is 12.4. The Kier molecular flexibility index (Phi) is 4.41. The molecule has 1 atom stereocenters. The number of hydrogen-bond acceptors (Lipinski definition) is 5. The lowest BCUT2D eigenvalue weighted by atomic mass is 9.80. The first-order valence-electron chi connectivity index (χ1n) is 9.71. The molecule has 6 nitrogen and oxygen atoms in total. The van der Waals surface area contributed by atoms with Crippen molar-refractivity contribution < 1.29 is 14.4 Å². The van der Waals surface area contributed by atoms with Crippen molar-refractivity contribution in [2.45, 2.75) is 24.7 Å². The minimum Gasteiger partial charge on any atom is -0.395 e. The van der Waals surface area contributed by atoms with Crippen LogP contribution in [0.25, 0.3) is 22.8 Å². The van der Waals surface area contributed by atoms with Gasteiger partial charge in [0.1, 0.15) is 0 Å². The van der Waals surface area contributed by atoms with Crippen molar-refractivity contribution in [2.24, 2.45) is 0 Å². The molecule has 1 saturated heterocycles. The average Bonchev–Trinajstić information content (AvgIpc) is 3.42. The Morgan fingerprint density at radius 2 is 2.03 bits per heavy atom. The molecule has 1 aliphatic carbocycles. The average molecular weight is 410 g/mol. The summed E-state index contributed by atoms with van der Waals surface area (Å²) in [6.45, 7) is 1.04. The second kappa shape index (κ2) is 6.97. The van der Waals surface area contributed by atoms with Crippen molar-refractivity contribution in [3.8, 4) is 22.8 Å². The van der Waals surface area contributed by atoms with Crippen molar-refractivity contribution in [2.75, 3.05) is 19.7 Å². The molecule has 1 fully saturated rings. The fraction of sp³-hybridized carbons (Fsp3) is 0.318. The summed E-state index contributed by atoms with van der Waals surface area (Å²) in [5, 5.41) is 14.1. The fourth-order valence-electron chi connectivity index (χ4n) is 4.69. The van der Waals surface area contributed by atoms with Gasteiger partial charge in [0, 0.05) is 41.1 Å². The lowest BCUT2D eigenvalue weighted by molar-refractivity contribution is -0.128. The molecule has 1 spiro atoms. The van der Waals surface area contributed by atoms with Gasteiger partial charge < -0.3 is 14.5 Å². The number of likely N-dealkylation sites (tertiary alicyclic amines) is 1. The molecule has 1 aliphatic heterocycles. The number of rotatable bonds is 4. The van der Waals surface area contributed by atoms with Crippen LogP contribution in [0, 0.1) is 0 Å². The normalized spacial score (nSPS) is 20.6. The van der Waals surface area contributed by atoms with Gasteiger partial charge in [-0.15, -0.1) is 0 Å². The van der Waals surface area contributed by atoms with Crippen LogP contribution >= 0.6 is 11.6 Å². The molecule has 0 saturated carbocycles. The number of hydrogen-bond donors (Lipinski definition) is 1. The summed E-state index contributed by atoms with van der Waals surface area (Å²) in [6.07, 6.45) is 2.28. The second-order valence-corrected chi connectivity index (χ2v) is 8.19. The van der Waals surface area contributed by atoms with Crippen LogP contribution in [0.5, 0.6) is 0 Å². The number of fused-ring (bicyclic) bond motifs is 2. The summed E-state index contributed by atoms with van der Waals surface area (Å²) in [5.41, 5.74) is 3.98. The third kappa shape index (κ3) is 3.03. The molecule has 1 aromatic heterocycles. The van der Waals surface area contributed by atoms with Crippen LogP contribution < -0.4 is 0 Å². The molecular weight excluding hydrogens is 390 g/mol. The van der Waals surface area contributed by atoms with E-state index in [1.54, 1.807) is 17.0 Å². The van der Waals surface area contributed by atoms with Gasteiger partial charge in [0.25, 0.3) is 5.89 Å². The molecule has 0 radical (unpaired) electrons. The maximum atomic E-state index is 12.4. The highest BCUT2D eigenvalue weighted by Crippen LogP contribution is 2.48. The Labute approximate surface area is 173 Å². The first kappa shape index (κ1) is 18.3. The SMILES string of the molecule is O=C1CC2(CCc3c(-c4noc(-c5ccc(Cl)cc5)n4)cccc32)CN1CCO. The lowest BCUT2D eigenvalue weighted by Crippen LogP contribution is -2.32. The number of aromatic nitrogens is 2. The number of carbonyl (C=O) groups is 1. The molecule has 1 N–H and O–H groups in total. The van der Waals surface area contributed by atoms with E-state index in [-0.39, 0.29) is 17.9 Å². The molecule has 2 aliphatic rings. The molecule has 1 amide bonds. The van der Waals surface area contributed by atoms with E-state index < -0.39 is 0 Å². The number of aliphatic hydroxyl groups excluding tert-OH is 1. The van der Waals surface area contributed by atoms with E-state index in [0.717, 1.165) is 24.0 Å². The van der Waals surface area contributed by atoms with Gasteiger partial charge in [-0.2, -0.15) is 4.98 Å². The standard InChI is InChI=1S/C22H20ClN3O3/c23-15-6-4-14(5-7-15)21-24-20(25-29-21)17-2-1-3-18-16(17)8-9-22(18)12-19(28)26(13-22)10-11-27/h1-7,27H,8-13H2. The Morgan fingerprint density at radius 3 is 2.83 bits per heavy atom. The van der Waals surface area contributed by atoms with Gasteiger partial charge in [0.05, 0.1) is 6.61 Å². The van der Waals surface area contributed by atoms with Crippen molar-refractivity contribution in [3.63, 3.8) is 0 Å². The quantitative estimate of drug-likeness (QED) is 0.713. The summed E-state index contributed by atoms with van der Waals surface area (Å²) in [7, 11) is 0. The molecular formula is C22H20ClN3O3. The van der Waals surface area contributed by atoms with Crippen LogP contribution in [-0.2, 0) is 16.6 Å². The first-order chi connectivity index (χ1) is 14.1. The highest BCUT2D eigenvalue weighted by atomic mass is 35.5. The zero-order valence-corrected chi connectivity index (χ0v) is 16.5. The minimum atomic E-state index is -0.180. The number of halogens is 1. The van der Waals surface area contributed by atoms with Crippen molar-refractivity contribution in [1.29, 1.82) is 0 Å². The van der Waals surface area contributed by atoms with Crippen molar-refractivity contribution in [3.05, 3.63) is 58.6 Å². The van der Waals surface area contributed by atoms with E-state index in [0.29, 0.717) is 36.2 Å². The molecule has 2 aromatic carbocycles. The predicted octanol–water partition coefficient (Wildman–Crippen LogP) is 3.47. The lowest BCUT2D eigenvalue weighted by Gasteiger charge is -2.24. The van der Waals surface area contributed by atoms with Crippen molar-refractivity contribution >= 4 is 17.5 Å². The minimum absolute atomic E-state index is 0.00888. The van der Waals surface area contributed by atoms with Crippen LogP contribution in [0.15, 0.2) is 47.0 Å². The summed E-state index contributed by atoms with van der Waals surface area (Å²) < 4.78 is 5.49. The summed E-state index contributed by atoms with van der Waals surface area (Å²) in [4.78, 5) is 18.8. The predicted molar refractivity (Wildman–Crippen MR) is 108 cm³/mol. The summed E-state index contributed by atoms with van der Waals surface area (Å²) >= 11 is 5.96. The number of β-amino-alcohol motifs (C(OH)–C–C–N with tert-alkyl or cyclic N) is 1. The topological polar surface area (TPSA) is 79.5 Å². The molecule has 7 heteroatoms. The first-order valence-corrected chi connectivity index (χ1v) is 10.1. The highest BCUT2D eigenvalue weighted by molar-refractivity contribution is 6.30. The highest BCUT2D eigenvalue weighted by Gasteiger charge is 2.48. The van der Waals surface area contributed by atoms with Crippen LogP contribution in [-0.4, -0.2) is 45.8 Å². The van der Waals surface area contributed by atoms with Crippen LogP contribution in [0.4, 0.5) is 0 Å². The van der Waals surface area contributed by atoms with E-state index in [9.17, 15) is 9.90 Å². The number of carbonyl (C=O) groups excluding carboxylic acids is 1. The van der Waals surface area contributed by atoms with Gasteiger partial charge in [-0.25, -0.2) is 0 Å². The zero-order valence-electron chi connectivity index (χ0n) is 15.8. The largest absolute Gasteiger partial charge is 0.395 e. The number of nitrogens with zero attached hydrogens (tertiary/aromatic N) is 3. The number of amides is 1. The molecule has 148 valence electrons. The Hall–Kier alpha value is -2.70. The van der Waals surface area contributed by atoms with Gasteiger partial charge in [-0.1, -0.05) is 35.0 Å². The Bertz CT molecular complexity index is 1080. The third-order valence-electron chi connectivity index (χ3n) is 6.06. The Morgan fingerprint density at radius 1 is 1.21 bits per heavy atom. The monoisotopic (exact) mass is 409 g/mol. The van der Waals surface area contributed by atoms with Crippen LogP contribution in [0.2, 0.25) is 5.02 Å². The van der Waals surface area contributed by atoms with Gasteiger partial charge in [-0.05, 0) is 48.2 Å². The number of aliphatic hydroxyl groups is 1. The van der Waals surface area contributed by atoms with E-state index >= 15 is 0 Å². The van der Waals surface area contributed by atoms with Gasteiger partial charge in [-0.3, -0.25) is 4.79 Å². The summed E-state index contributed by atoms with van der Waals surface area (Å²) in [5.74, 6) is 1.12. The van der Waals surface area contributed by atoms with Gasteiger partial charge >= 0.3 is 0 Å². The molecule has 2 heterocycles. The molecule has 0 bridgehead atoms. The number of benzene rings is 2. The van der Waals surface area contributed by atoms with Crippen molar-refractivity contribution in [1.82, 2.24) is 15.0 Å². The maximum Gasteiger partial charge on any atom is 0.258 e.